The lowest BCUT2D eigenvalue weighted by Crippen LogP contribution is -2.16. The van der Waals surface area contributed by atoms with Gasteiger partial charge in [0.1, 0.15) is 16.3 Å². The van der Waals surface area contributed by atoms with Crippen molar-refractivity contribution in [1.82, 2.24) is 9.97 Å². The van der Waals surface area contributed by atoms with E-state index in [1.165, 1.54) is 43.9 Å². The van der Waals surface area contributed by atoms with Gasteiger partial charge in [0.2, 0.25) is 10.0 Å². The van der Waals surface area contributed by atoms with Crippen LogP contribution in [0.3, 0.4) is 0 Å². The zero-order chi connectivity index (χ0) is 15.5. The SMILES string of the molecule is COc1ccc(NC(=O)c2cnccn2)cc1S(N)(=O)=O. The van der Waals surface area contributed by atoms with Crippen LogP contribution in [0.25, 0.3) is 0 Å². The van der Waals surface area contributed by atoms with E-state index in [4.69, 9.17) is 9.88 Å². The fraction of sp³-hybridized carbons (Fsp3) is 0.0833. The predicted octanol–water partition coefficient (Wildman–Crippen LogP) is 0.385. The molecule has 1 aromatic heterocycles. The van der Waals surface area contributed by atoms with Gasteiger partial charge < -0.3 is 10.1 Å². The average Bonchev–Trinajstić information content (AvgIpc) is 2.47. The molecule has 1 heterocycles. The second kappa shape index (κ2) is 5.85. The average molecular weight is 308 g/mol. The van der Waals surface area contributed by atoms with Crippen LogP contribution >= 0.6 is 0 Å². The summed E-state index contributed by atoms with van der Waals surface area (Å²) in [7, 11) is -2.65. The van der Waals surface area contributed by atoms with Gasteiger partial charge in [0.15, 0.2) is 0 Å². The van der Waals surface area contributed by atoms with E-state index < -0.39 is 15.9 Å². The summed E-state index contributed by atoms with van der Waals surface area (Å²) in [6.45, 7) is 0. The number of rotatable bonds is 4. The topological polar surface area (TPSA) is 124 Å². The van der Waals surface area contributed by atoms with Crippen LogP contribution in [0, 0.1) is 0 Å². The molecule has 0 fully saturated rings. The molecule has 2 rings (SSSR count). The summed E-state index contributed by atoms with van der Waals surface area (Å²) in [5, 5.41) is 7.61. The van der Waals surface area contributed by atoms with Crippen molar-refractivity contribution < 1.29 is 17.9 Å². The number of sulfonamides is 1. The highest BCUT2D eigenvalue weighted by Gasteiger charge is 2.17. The normalized spacial score (nSPS) is 11.0. The van der Waals surface area contributed by atoms with Crippen molar-refractivity contribution in [2.45, 2.75) is 4.90 Å². The summed E-state index contributed by atoms with van der Waals surface area (Å²) in [6, 6.07) is 4.09. The van der Waals surface area contributed by atoms with E-state index in [1.54, 1.807) is 0 Å². The molecule has 21 heavy (non-hydrogen) atoms. The van der Waals surface area contributed by atoms with Gasteiger partial charge in [0.25, 0.3) is 5.91 Å². The maximum absolute atomic E-state index is 11.9. The first-order chi connectivity index (χ1) is 9.91. The lowest BCUT2D eigenvalue weighted by atomic mass is 10.3. The van der Waals surface area contributed by atoms with Gasteiger partial charge in [0.05, 0.1) is 13.3 Å². The first-order valence-electron chi connectivity index (χ1n) is 5.70. The van der Waals surface area contributed by atoms with Gasteiger partial charge in [0, 0.05) is 18.1 Å². The molecule has 1 amide bonds. The van der Waals surface area contributed by atoms with Crippen LogP contribution in [0.4, 0.5) is 5.69 Å². The molecule has 0 atom stereocenters. The Morgan fingerprint density at radius 1 is 1.33 bits per heavy atom. The van der Waals surface area contributed by atoms with Gasteiger partial charge in [-0.25, -0.2) is 18.5 Å². The van der Waals surface area contributed by atoms with Crippen LogP contribution in [0.5, 0.6) is 5.75 Å². The highest BCUT2D eigenvalue weighted by molar-refractivity contribution is 7.89. The molecule has 0 aliphatic heterocycles. The first-order valence-corrected chi connectivity index (χ1v) is 7.24. The highest BCUT2D eigenvalue weighted by Crippen LogP contribution is 2.26. The number of carbonyl (C=O) groups is 1. The zero-order valence-corrected chi connectivity index (χ0v) is 11.8. The molecule has 0 bridgehead atoms. The van der Waals surface area contributed by atoms with Crippen molar-refractivity contribution in [3.8, 4) is 5.75 Å². The molecule has 1 aromatic carbocycles. The van der Waals surface area contributed by atoms with Gasteiger partial charge in [-0.15, -0.1) is 0 Å². The van der Waals surface area contributed by atoms with E-state index in [1.807, 2.05) is 0 Å². The van der Waals surface area contributed by atoms with Crippen LogP contribution in [0.15, 0.2) is 41.7 Å². The Kier molecular flexibility index (Phi) is 4.15. The van der Waals surface area contributed by atoms with E-state index in [2.05, 4.69) is 15.3 Å². The van der Waals surface area contributed by atoms with Crippen molar-refractivity contribution in [2.75, 3.05) is 12.4 Å². The van der Waals surface area contributed by atoms with E-state index in [-0.39, 0.29) is 22.0 Å². The van der Waals surface area contributed by atoms with Crippen LogP contribution in [-0.2, 0) is 10.0 Å². The van der Waals surface area contributed by atoms with Crippen LogP contribution < -0.4 is 15.2 Å². The van der Waals surface area contributed by atoms with E-state index in [0.29, 0.717) is 0 Å². The standard InChI is InChI=1S/C12H12N4O4S/c1-20-10-3-2-8(6-11(10)21(13,18)19)16-12(17)9-7-14-4-5-15-9/h2-7H,1H3,(H,16,17)(H2,13,18,19). The van der Waals surface area contributed by atoms with Crippen LogP contribution in [0.2, 0.25) is 0 Å². The monoisotopic (exact) mass is 308 g/mol. The number of primary sulfonamides is 1. The maximum Gasteiger partial charge on any atom is 0.275 e. The van der Waals surface area contributed by atoms with Crippen LogP contribution in [-0.4, -0.2) is 31.4 Å². The Bertz CT molecular complexity index is 762. The number of methoxy groups -OCH3 is 1. The molecule has 9 heteroatoms. The molecule has 0 aliphatic rings. The lowest BCUT2D eigenvalue weighted by Gasteiger charge is -2.10. The summed E-state index contributed by atoms with van der Waals surface area (Å²) >= 11 is 0. The van der Waals surface area contributed by atoms with Crippen molar-refractivity contribution in [1.29, 1.82) is 0 Å². The summed E-state index contributed by atoms with van der Waals surface area (Å²) in [4.78, 5) is 19.3. The number of nitrogens with one attached hydrogen (secondary N) is 1. The van der Waals surface area contributed by atoms with Crippen molar-refractivity contribution >= 4 is 21.6 Å². The van der Waals surface area contributed by atoms with E-state index in [0.717, 1.165) is 0 Å². The zero-order valence-electron chi connectivity index (χ0n) is 11.0. The molecule has 110 valence electrons. The lowest BCUT2D eigenvalue weighted by molar-refractivity contribution is 0.102. The molecule has 0 radical (unpaired) electrons. The van der Waals surface area contributed by atoms with Gasteiger partial charge in [-0.3, -0.25) is 9.78 Å². The third kappa shape index (κ3) is 3.52. The number of aromatic nitrogens is 2. The predicted molar refractivity (Wildman–Crippen MR) is 74.4 cm³/mol. The molecule has 0 spiro atoms. The largest absolute Gasteiger partial charge is 0.495 e. The fourth-order valence-corrected chi connectivity index (χ4v) is 2.31. The Labute approximate surface area is 121 Å². The number of amides is 1. The Balaban J connectivity index is 2.32. The number of nitrogens with zero attached hydrogens (tertiary/aromatic N) is 2. The van der Waals surface area contributed by atoms with Crippen molar-refractivity contribution in [2.24, 2.45) is 5.14 Å². The van der Waals surface area contributed by atoms with Gasteiger partial charge in [-0.2, -0.15) is 0 Å². The molecule has 0 saturated heterocycles. The molecule has 0 saturated carbocycles. The van der Waals surface area contributed by atoms with Gasteiger partial charge >= 0.3 is 0 Å². The number of nitrogens with two attached hydrogens (primary N) is 1. The fourth-order valence-electron chi connectivity index (χ4n) is 1.59. The molecular formula is C12H12N4O4S. The molecule has 0 aliphatic carbocycles. The highest BCUT2D eigenvalue weighted by atomic mass is 32.2. The maximum atomic E-state index is 11.9. The number of benzene rings is 1. The number of carbonyl (C=O) groups excluding carboxylic acids is 1. The minimum atomic E-state index is -3.97. The smallest absolute Gasteiger partial charge is 0.275 e. The summed E-state index contributed by atoms with van der Waals surface area (Å²) in [6.07, 6.45) is 4.10. The molecule has 3 N–H and O–H groups in total. The van der Waals surface area contributed by atoms with Gasteiger partial charge in [-0.1, -0.05) is 0 Å². The minimum absolute atomic E-state index is 0.0926. The number of anilines is 1. The summed E-state index contributed by atoms with van der Waals surface area (Å²) in [5.74, 6) is -0.427. The second-order valence-electron chi connectivity index (χ2n) is 3.96. The summed E-state index contributed by atoms with van der Waals surface area (Å²) < 4.78 is 27.9. The third-order valence-corrected chi connectivity index (χ3v) is 3.46. The Morgan fingerprint density at radius 3 is 2.67 bits per heavy atom. The Hall–Kier alpha value is -2.52. The van der Waals surface area contributed by atoms with Crippen LogP contribution in [0.1, 0.15) is 10.5 Å². The Morgan fingerprint density at radius 2 is 2.10 bits per heavy atom. The van der Waals surface area contributed by atoms with Crippen molar-refractivity contribution in [3.05, 3.63) is 42.5 Å². The molecule has 8 nitrogen and oxygen atoms in total. The second-order valence-corrected chi connectivity index (χ2v) is 5.49. The minimum Gasteiger partial charge on any atom is -0.495 e. The molecule has 2 aromatic rings. The van der Waals surface area contributed by atoms with E-state index >= 15 is 0 Å². The molecule has 0 unspecified atom stereocenters. The van der Waals surface area contributed by atoms with E-state index in [9.17, 15) is 13.2 Å². The van der Waals surface area contributed by atoms with Crippen molar-refractivity contribution in [3.63, 3.8) is 0 Å². The van der Waals surface area contributed by atoms with Gasteiger partial charge in [-0.05, 0) is 18.2 Å². The quantitative estimate of drug-likeness (QED) is 0.841. The first kappa shape index (κ1) is 14.9. The number of hydrogen-bond donors (Lipinski definition) is 2. The number of ether oxygens (including phenoxy) is 1. The number of hydrogen-bond acceptors (Lipinski definition) is 6. The third-order valence-electron chi connectivity index (χ3n) is 2.52. The molecular weight excluding hydrogens is 296 g/mol. The summed E-state index contributed by atoms with van der Waals surface area (Å²) in [5.41, 5.74) is 0.348.